The monoisotopic (exact) mass is 234 g/mol. The minimum absolute atomic E-state index is 0.538. The van der Waals surface area contributed by atoms with Gasteiger partial charge in [-0.15, -0.1) is 0 Å². The lowest BCUT2D eigenvalue weighted by Gasteiger charge is -2.06. The number of rotatable bonds is 4. The Hall–Kier alpha value is -1.84. The lowest BCUT2D eigenvalue weighted by Crippen LogP contribution is -2.35. The molecule has 17 heavy (non-hydrogen) atoms. The topological polar surface area (TPSA) is 58.2 Å². The molecule has 92 valence electrons. The first-order chi connectivity index (χ1) is 8.13. The number of anilines is 1. The molecule has 0 aromatic heterocycles. The Kier molecular flexibility index (Phi) is 5.20. The molecule has 0 saturated heterocycles. The first-order valence-corrected chi connectivity index (χ1v) is 5.79. The maximum atomic E-state index is 11.5. The summed E-state index contributed by atoms with van der Waals surface area (Å²) in [5.74, 6) is -1.20. The maximum Gasteiger partial charge on any atom is 0.313 e. The van der Waals surface area contributed by atoms with Gasteiger partial charge in [-0.2, -0.15) is 0 Å². The van der Waals surface area contributed by atoms with Gasteiger partial charge in [0, 0.05) is 12.2 Å². The number of carbonyl (C=O) groups is 2. The standard InChI is InChI=1S/C13H18N2O2/c1-3-4-8-14-12(16)13(17)15-11-7-5-6-10(2)9-11/h5-7,9H,3-4,8H2,1-2H3,(H,14,16)(H,15,17). The molecule has 0 heterocycles. The summed E-state index contributed by atoms with van der Waals surface area (Å²) in [7, 11) is 0. The largest absolute Gasteiger partial charge is 0.348 e. The van der Waals surface area contributed by atoms with Crippen molar-refractivity contribution < 1.29 is 9.59 Å². The van der Waals surface area contributed by atoms with Crippen LogP contribution < -0.4 is 10.6 Å². The van der Waals surface area contributed by atoms with E-state index in [9.17, 15) is 9.59 Å². The third kappa shape index (κ3) is 4.68. The van der Waals surface area contributed by atoms with Crippen LogP contribution in [0.1, 0.15) is 25.3 Å². The molecular weight excluding hydrogens is 216 g/mol. The lowest BCUT2D eigenvalue weighted by molar-refractivity contribution is -0.136. The van der Waals surface area contributed by atoms with Crippen LogP contribution in [0.2, 0.25) is 0 Å². The summed E-state index contributed by atoms with van der Waals surface area (Å²) >= 11 is 0. The fraction of sp³-hybridized carbons (Fsp3) is 0.385. The highest BCUT2D eigenvalue weighted by molar-refractivity contribution is 6.39. The first kappa shape index (κ1) is 13.2. The van der Waals surface area contributed by atoms with E-state index in [2.05, 4.69) is 10.6 Å². The van der Waals surface area contributed by atoms with E-state index in [0.717, 1.165) is 18.4 Å². The van der Waals surface area contributed by atoms with Gasteiger partial charge in [0.05, 0.1) is 0 Å². The van der Waals surface area contributed by atoms with Crippen molar-refractivity contribution in [2.45, 2.75) is 26.7 Å². The van der Waals surface area contributed by atoms with Crippen molar-refractivity contribution in [2.24, 2.45) is 0 Å². The van der Waals surface area contributed by atoms with Crippen LogP contribution in [-0.4, -0.2) is 18.4 Å². The first-order valence-electron chi connectivity index (χ1n) is 5.79. The van der Waals surface area contributed by atoms with Crippen LogP contribution in [0.25, 0.3) is 0 Å². The Bertz CT molecular complexity index is 402. The Labute approximate surface area is 101 Å². The van der Waals surface area contributed by atoms with E-state index >= 15 is 0 Å². The molecule has 0 radical (unpaired) electrons. The van der Waals surface area contributed by atoms with Crippen LogP contribution in [-0.2, 0) is 9.59 Å². The van der Waals surface area contributed by atoms with Gasteiger partial charge in [0.2, 0.25) is 0 Å². The van der Waals surface area contributed by atoms with E-state index < -0.39 is 11.8 Å². The number of benzene rings is 1. The second kappa shape index (κ2) is 6.68. The van der Waals surface area contributed by atoms with Crippen molar-refractivity contribution in [2.75, 3.05) is 11.9 Å². The highest BCUT2D eigenvalue weighted by atomic mass is 16.2. The number of amides is 2. The van der Waals surface area contributed by atoms with Gasteiger partial charge >= 0.3 is 11.8 Å². The number of aryl methyl sites for hydroxylation is 1. The molecule has 1 aromatic carbocycles. The summed E-state index contributed by atoms with van der Waals surface area (Å²) < 4.78 is 0. The average molecular weight is 234 g/mol. The fourth-order valence-corrected chi connectivity index (χ4v) is 1.37. The summed E-state index contributed by atoms with van der Waals surface area (Å²) in [5.41, 5.74) is 1.68. The van der Waals surface area contributed by atoms with Gasteiger partial charge in [-0.3, -0.25) is 9.59 Å². The molecule has 0 bridgehead atoms. The Morgan fingerprint density at radius 3 is 2.65 bits per heavy atom. The van der Waals surface area contributed by atoms with Crippen LogP contribution >= 0.6 is 0 Å². The number of hydrogen-bond donors (Lipinski definition) is 2. The van der Waals surface area contributed by atoms with Crippen LogP contribution in [0, 0.1) is 6.92 Å². The molecule has 0 aliphatic rings. The molecule has 0 atom stereocenters. The van der Waals surface area contributed by atoms with Crippen molar-refractivity contribution in [1.82, 2.24) is 5.32 Å². The lowest BCUT2D eigenvalue weighted by atomic mass is 10.2. The maximum absolute atomic E-state index is 11.5. The molecular formula is C13H18N2O2. The van der Waals surface area contributed by atoms with Gasteiger partial charge in [-0.25, -0.2) is 0 Å². The van der Waals surface area contributed by atoms with Crippen molar-refractivity contribution in [3.05, 3.63) is 29.8 Å². The molecule has 2 N–H and O–H groups in total. The molecule has 4 nitrogen and oxygen atoms in total. The van der Waals surface area contributed by atoms with Gasteiger partial charge in [-0.1, -0.05) is 25.5 Å². The molecule has 1 aromatic rings. The molecule has 0 saturated carbocycles. The van der Waals surface area contributed by atoms with Crippen LogP contribution in [0.15, 0.2) is 24.3 Å². The Balaban J connectivity index is 2.46. The number of nitrogens with one attached hydrogen (secondary N) is 2. The number of unbranched alkanes of at least 4 members (excludes halogenated alkanes) is 1. The van der Waals surface area contributed by atoms with Crippen molar-refractivity contribution >= 4 is 17.5 Å². The van der Waals surface area contributed by atoms with Gasteiger partial charge in [-0.05, 0) is 31.0 Å². The highest BCUT2D eigenvalue weighted by Crippen LogP contribution is 2.08. The third-order valence-electron chi connectivity index (χ3n) is 2.30. The molecule has 0 unspecified atom stereocenters. The number of hydrogen-bond acceptors (Lipinski definition) is 2. The molecule has 0 aliphatic heterocycles. The van der Waals surface area contributed by atoms with Crippen molar-refractivity contribution in [3.8, 4) is 0 Å². The summed E-state index contributed by atoms with van der Waals surface area (Å²) in [6, 6.07) is 7.33. The molecule has 1 rings (SSSR count). The quantitative estimate of drug-likeness (QED) is 0.617. The zero-order valence-corrected chi connectivity index (χ0v) is 10.2. The minimum atomic E-state index is -0.619. The Morgan fingerprint density at radius 2 is 2.00 bits per heavy atom. The normalized spacial score (nSPS) is 9.76. The second-order valence-corrected chi connectivity index (χ2v) is 3.93. The summed E-state index contributed by atoms with van der Waals surface area (Å²) in [4.78, 5) is 22.9. The molecule has 0 aliphatic carbocycles. The predicted octanol–water partition coefficient (Wildman–Crippen LogP) is 1.85. The van der Waals surface area contributed by atoms with E-state index in [1.165, 1.54) is 0 Å². The fourth-order valence-electron chi connectivity index (χ4n) is 1.37. The van der Waals surface area contributed by atoms with E-state index in [1.54, 1.807) is 6.07 Å². The van der Waals surface area contributed by atoms with Crippen LogP contribution in [0.3, 0.4) is 0 Å². The Morgan fingerprint density at radius 1 is 1.24 bits per heavy atom. The molecule has 2 amide bonds. The third-order valence-corrected chi connectivity index (χ3v) is 2.30. The summed E-state index contributed by atoms with van der Waals surface area (Å²) in [6.45, 7) is 4.49. The van der Waals surface area contributed by atoms with E-state index in [4.69, 9.17) is 0 Å². The van der Waals surface area contributed by atoms with Crippen molar-refractivity contribution in [3.63, 3.8) is 0 Å². The van der Waals surface area contributed by atoms with E-state index in [1.807, 2.05) is 32.0 Å². The predicted molar refractivity (Wildman–Crippen MR) is 67.7 cm³/mol. The average Bonchev–Trinajstić information content (AvgIpc) is 2.29. The van der Waals surface area contributed by atoms with Crippen LogP contribution in [0.4, 0.5) is 5.69 Å². The van der Waals surface area contributed by atoms with Gasteiger partial charge < -0.3 is 10.6 Å². The number of carbonyl (C=O) groups excluding carboxylic acids is 2. The summed E-state index contributed by atoms with van der Waals surface area (Å²) in [5, 5.41) is 5.13. The smallest absolute Gasteiger partial charge is 0.313 e. The molecule has 0 spiro atoms. The highest BCUT2D eigenvalue weighted by Gasteiger charge is 2.12. The molecule has 4 heteroatoms. The minimum Gasteiger partial charge on any atom is -0.348 e. The van der Waals surface area contributed by atoms with E-state index in [-0.39, 0.29) is 0 Å². The van der Waals surface area contributed by atoms with E-state index in [0.29, 0.717) is 12.2 Å². The van der Waals surface area contributed by atoms with Gasteiger partial charge in [0.15, 0.2) is 0 Å². The zero-order chi connectivity index (χ0) is 12.7. The van der Waals surface area contributed by atoms with Crippen molar-refractivity contribution in [1.29, 1.82) is 0 Å². The van der Waals surface area contributed by atoms with Gasteiger partial charge in [0.1, 0.15) is 0 Å². The second-order valence-electron chi connectivity index (χ2n) is 3.93. The molecule has 0 fully saturated rings. The summed E-state index contributed by atoms with van der Waals surface area (Å²) in [6.07, 6.45) is 1.86. The van der Waals surface area contributed by atoms with Crippen LogP contribution in [0.5, 0.6) is 0 Å². The van der Waals surface area contributed by atoms with Gasteiger partial charge in [0.25, 0.3) is 0 Å². The zero-order valence-electron chi connectivity index (χ0n) is 10.2. The SMILES string of the molecule is CCCCNC(=O)C(=O)Nc1cccc(C)c1.